The molecule has 0 saturated carbocycles. The van der Waals surface area contributed by atoms with E-state index in [0.29, 0.717) is 0 Å². The third-order valence-corrected chi connectivity index (χ3v) is 4.84. The van der Waals surface area contributed by atoms with Crippen LogP contribution in [0.15, 0.2) is 36.8 Å². The van der Waals surface area contributed by atoms with Crippen LogP contribution in [0.5, 0.6) is 0 Å². The highest BCUT2D eigenvalue weighted by atomic mass is 32.1. The van der Waals surface area contributed by atoms with Crippen molar-refractivity contribution >= 4 is 33.5 Å². The fourth-order valence-electron chi connectivity index (χ4n) is 2.32. The zero-order chi connectivity index (χ0) is 14.8. The first-order valence-corrected chi connectivity index (χ1v) is 7.84. The summed E-state index contributed by atoms with van der Waals surface area (Å²) in [6, 6.07) is 6.08. The van der Waals surface area contributed by atoms with E-state index in [1.165, 1.54) is 4.88 Å². The molecular weight excluding hydrogens is 280 g/mol. The Morgan fingerprint density at radius 2 is 2.10 bits per heavy atom. The molecule has 2 aromatic heterocycles. The number of anilines is 2. The van der Waals surface area contributed by atoms with Gasteiger partial charge in [0.05, 0.1) is 6.04 Å². The summed E-state index contributed by atoms with van der Waals surface area (Å²) < 4.78 is 0. The van der Waals surface area contributed by atoms with Crippen LogP contribution in [0.25, 0.3) is 10.8 Å². The summed E-state index contributed by atoms with van der Waals surface area (Å²) in [7, 11) is 0. The first-order valence-electron chi connectivity index (χ1n) is 7.02. The number of benzene rings is 1. The third kappa shape index (κ3) is 2.69. The summed E-state index contributed by atoms with van der Waals surface area (Å²) in [4.78, 5) is 9.96. The fourth-order valence-corrected chi connectivity index (χ4v) is 3.18. The normalized spacial score (nSPS) is 12.5. The summed E-state index contributed by atoms with van der Waals surface area (Å²) in [5, 5.41) is 6.70. The van der Waals surface area contributed by atoms with Crippen molar-refractivity contribution in [1.82, 2.24) is 9.97 Å². The largest absolute Gasteiger partial charge is 0.398 e. The van der Waals surface area contributed by atoms with Gasteiger partial charge in [-0.05, 0) is 31.5 Å². The second kappa shape index (κ2) is 5.69. The van der Waals surface area contributed by atoms with E-state index >= 15 is 0 Å². The summed E-state index contributed by atoms with van der Waals surface area (Å²) in [6.45, 7) is 4.28. The van der Waals surface area contributed by atoms with Crippen molar-refractivity contribution in [2.75, 3.05) is 11.1 Å². The van der Waals surface area contributed by atoms with Crippen molar-refractivity contribution in [3.8, 4) is 0 Å². The molecule has 1 unspecified atom stereocenters. The minimum atomic E-state index is 0.162. The van der Waals surface area contributed by atoms with Crippen molar-refractivity contribution in [2.24, 2.45) is 0 Å². The highest BCUT2D eigenvalue weighted by Crippen LogP contribution is 2.31. The Kier molecular flexibility index (Phi) is 3.75. The van der Waals surface area contributed by atoms with Gasteiger partial charge in [0.1, 0.15) is 5.01 Å². The molecule has 108 valence electrons. The Balaban J connectivity index is 1.92. The molecule has 0 spiro atoms. The van der Waals surface area contributed by atoms with Gasteiger partial charge in [-0.25, -0.2) is 4.98 Å². The minimum absolute atomic E-state index is 0.162. The van der Waals surface area contributed by atoms with Crippen LogP contribution in [0.4, 0.5) is 11.4 Å². The monoisotopic (exact) mass is 298 g/mol. The summed E-state index contributed by atoms with van der Waals surface area (Å²) in [5.74, 6) is 0. The average Bonchev–Trinajstić information content (AvgIpc) is 2.99. The molecular formula is C16H18N4S. The molecule has 4 nitrogen and oxygen atoms in total. The molecule has 1 aromatic carbocycles. The van der Waals surface area contributed by atoms with Gasteiger partial charge < -0.3 is 11.1 Å². The second-order valence-electron chi connectivity index (χ2n) is 5.01. The van der Waals surface area contributed by atoms with Crippen LogP contribution in [0.1, 0.15) is 29.8 Å². The number of nitrogen functional groups attached to an aromatic ring is 1. The molecule has 2 heterocycles. The first kappa shape index (κ1) is 13.8. The maximum Gasteiger partial charge on any atom is 0.115 e. The predicted molar refractivity (Wildman–Crippen MR) is 89.7 cm³/mol. The van der Waals surface area contributed by atoms with Crippen LogP contribution < -0.4 is 11.1 Å². The van der Waals surface area contributed by atoms with Gasteiger partial charge in [-0.3, -0.25) is 4.98 Å². The molecule has 1 atom stereocenters. The molecule has 3 aromatic rings. The Labute approximate surface area is 128 Å². The van der Waals surface area contributed by atoms with Gasteiger partial charge in [0, 0.05) is 45.6 Å². The summed E-state index contributed by atoms with van der Waals surface area (Å²) >= 11 is 1.76. The molecule has 3 rings (SSSR count). The Hall–Kier alpha value is -2.14. The standard InChI is InChI=1S/C16H18N4S/c1-3-11-8-19-16(21-11)10(2)20-15-5-4-14(17)13-9-18-7-6-12(13)15/h4-10,20H,3,17H2,1-2H3. The number of nitrogens with zero attached hydrogens (tertiary/aromatic N) is 2. The van der Waals surface area contributed by atoms with Crippen LogP contribution in [0.2, 0.25) is 0 Å². The lowest BCUT2D eigenvalue weighted by atomic mass is 10.1. The lowest BCUT2D eigenvalue weighted by Crippen LogP contribution is -2.06. The molecule has 0 aliphatic heterocycles. The van der Waals surface area contributed by atoms with Gasteiger partial charge in [0.25, 0.3) is 0 Å². The zero-order valence-electron chi connectivity index (χ0n) is 12.1. The lowest BCUT2D eigenvalue weighted by molar-refractivity contribution is 0.871. The van der Waals surface area contributed by atoms with Crippen molar-refractivity contribution < 1.29 is 0 Å². The number of aromatic nitrogens is 2. The van der Waals surface area contributed by atoms with Gasteiger partial charge in [-0.15, -0.1) is 11.3 Å². The van der Waals surface area contributed by atoms with E-state index in [1.54, 1.807) is 23.7 Å². The average molecular weight is 298 g/mol. The molecule has 0 aliphatic carbocycles. The van der Waals surface area contributed by atoms with Crippen molar-refractivity contribution in [3.63, 3.8) is 0 Å². The highest BCUT2D eigenvalue weighted by Gasteiger charge is 2.12. The van der Waals surface area contributed by atoms with Crippen LogP contribution in [-0.2, 0) is 6.42 Å². The number of hydrogen-bond acceptors (Lipinski definition) is 5. The number of thiazole rings is 1. The van der Waals surface area contributed by atoms with Crippen molar-refractivity contribution in [1.29, 1.82) is 0 Å². The number of rotatable bonds is 4. The molecule has 0 saturated heterocycles. The number of hydrogen-bond donors (Lipinski definition) is 2. The lowest BCUT2D eigenvalue weighted by Gasteiger charge is -2.15. The number of nitrogens with two attached hydrogens (primary N) is 1. The first-order chi connectivity index (χ1) is 10.2. The quantitative estimate of drug-likeness (QED) is 0.714. The van der Waals surface area contributed by atoms with E-state index < -0.39 is 0 Å². The molecule has 0 bridgehead atoms. The highest BCUT2D eigenvalue weighted by molar-refractivity contribution is 7.11. The molecule has 0 fully saturated rings. The summed E-state index contributed by atoms with van der Waals surface area (Å²) in [6.07, 6.45) is 6.58. The van der Waals surface area contributed by atoms with E-state index in [0.717, 1.165) is 33.6 Å². The van der Waals surface area contributed by atoms with Gasteiger partial charge in [-0.1, -0.05) is 6.92 Å². The number of aryl methyl sites for hydroxylation is 1. The molecule has 0 aliphatic rings. The second-order valence-corrected chi connectivity index (χ2v) is 6.15. The van der Waals surface area contributed by atoms with Crippen LogP contribution in [0.3, 0.4) is 0 Å². The number of fused-ring (bicyclic) bond motifs is 1. The summed E-state index contributed by atoms with van der Waals surface area (Å²) in [5.41, 5.74) is 7.82. The molecule has 5 heteroatoms. The van der Waals surface area contributed by atoms with Crippen molar-refractivity contribution in [3.05, 3.63) is 46.7 Å². The van der Waals surface area contributed by atoms with Gasteiger partial charge in [0.15, 0.2) is 0 Å². The predicted octanol–water partition coefficient (Wildman–Crippen LogP) is 4.01. The molecule has 0 radical (unpaired) electrons. The van der Waals surface area contributed by atoms with Gasteiger partial charge in [-0.2, -0.15) is 0 Å². The maximum absolute atomic E-state index is 6.01. The van der Waals surface area contributed by atoms with Crippen molar-refractivity contribution in [2.45, 2.75) is 26.3 Å². The fraction of sp³-hybridized carbons (Fsp3) is 0.250. The number of pyridine rings is 1. The number of nitrogens with one attached hydrogen (secondary N) is 1. The Morgan fingerprint density at radius 1 is 1.24 bits per heavy atom. The maximum atomic E-state index is 6.01. The van der Waals surface area contributed by atoms with Crippen LogP contribution in [0, 0.1) is 0 Å². The molecule has 3 N–H and O–H groups in total. The Bertz CT molecular complexity index is 766. The van der Waals surface area contributed by atoms with Crippen LogP contribution in [-0.4, -0.2) is 9.97 Å². The molecule has 21 heavy (non-hydrogen) atoms. The minimum Gasteiger partial charge on any atom is -0.398 e. The van der Waals surface area contributed by atoms with E-state index in [4.69, 9.17) is 5.73 Å². The van der Waals surface area contributed by atoms with E-state index in [9.17, 15) is 0 Å². The van der Waals surface area contributed by atoms with E-state index in [1.807, 2.05) is 24.4 Å². The smallest absolute Gasteiger partial charge is 0.115 e. The third-order valence-electron chi connectivity index (χ3n) is 3.51. The van der Waals surface area contributed by atoms with E-state index in [-0.39, 0.29) is 6.04 Å². The van der Waals surface area contributed by atoms with Crippen LogP contribution >= 0.6 is 11.3 Å². The Morgan fingerprint density at radius 3 is 2.86 bits per heavy atom. The topological polar surface area (TPSA) is 63.8 Å². The zero-order valence-corrected chi connectivity index (χ0v) is 12.9. The van der Waals surface area contributed by atoms with E-state index in [2.05, 4.69) is 29.1 Å². The molecule has 0 amide bonds. The SMILES string of the molecule is CCc1cnc(C(C)Nc2ccc(N)c3cnccc23)s1. The van der Waals surface area contributed by atoms with Gasteiger partial charge in [0.2, 0.25) is 0 Å². The van der Waals surface area contributed by atoms with Gasteiger partial charge >= 0.3 is 0 Å².